The summed E-state index contributed by atoms with van der Waals surface area (Å²) in [6.45, 7) is 12.2. The van der Waals surface area contributed by atoms with Gasteiger partial charge < -0.3 is 19.9 Å². The van der Waals surface area contributed by atoms with Crippen molar-refractivity contribution in [2.75, 3.05) is 51.3 Å². The largest absolute Gasteiger partial charge is 0.495 e. The van der Waals surface area contributed by atoms with Gasteiger partial charge in [-0.2, -0.15) is 0 Å². The number of methoxy groups -OCH3 is 1. The van der Waals surface area contributed by atoms with Crippen LogP contribution in [0.15, 0.2) is 29.3 Å². The average molecular weight is 318 g/mol. The van der Waals surface area contributed by atoms with E-state index >= 15 is 0 Å². The number of guanidine groups is 1. The lowest BCUT2D eigenvalue weighted by molar-refractivity contribution is 0.366. The Labute approximate surface area is 140 Å². The molecule has 0 bridgehead atoms. The number of anilines is 1. The highest BCUT2D eigenvalue weighted by molar-refractivity contribution is 5.80. The summed E-state index contributed by atoms with van der Waals surface area (Å²) in [6.07, 6.45) is 0. The Hall–Kier alpha value is -1.91. The van der Waals surface area contributed by atoms with Crippen molar-refractivity contribution >= 4 is 11.6 Å². The second-order valence-corrected chi connectivity index (χ2v) is 6.23. The van der Waals surface area contributed by atoms with Crippen LogP contribution in [0.2, 0.25) is 0 Å². The lowest BCUT2D eigenvalue weighted by atomic mass is 10.2. The van der Waals surface area contributed by atoms with Gasteiger partial charge in [0.1, 0.15) is 5.75 Å². The van der Waals surface area contributed by atoms with Crippen molar-refractivity contribution in [3.05, 3.63) is 24.3 Å². The van der Waals surface area contributed by atoms with Gasteiger partial charge in [0.15, 0.2) is 5.96 Å². The molecule has 128 valence electrons. The number of para-hydroxylation sites is 2. The molecule has 5 nitrogen and oxygen atoms in total. The van der Waals surface area contributed by atoms with Crippen LogP contribution in [0.5, 0.6) is 5.75 Å². The van der Waals surface area contributed by atoms with Crippen LogP contribution in [0, 0.1) is 5.92 Å². The Morgan fingerprint density at radius 1 is 1.22 bits per heavy atom. The molecule has 5 heteroatoms. The number of piperazine rings is 1. The van der Waals surface area contributed by atoms with E-state index in [0.29, 0.717) is 5.92 Å². The first-order valence-electron chi connectivity index (χ1n) is 8.57. The molecule has 1 fully saturated rings. The normalized spacial score (nSPS) is 16.0. The molecule has 0 radical (unpaired) electrons. The van der Waals surface area contributed by atoms with Crippen LogP contribution in [0.25, 0.3) is 0 Å². The van der Waals surface area contributed by atoms with Crippen LogP contribution in [0.3, 0.4) is 0 Å². The molecule has 1 aromatic rings. The zero-order valence-electron chi connectivity index (χ0n) is 14.9. The van der Waals surface area contributed by atoms with E-state index in [1.807, 2.05) is 12.1 Å². The molecule has 0 atom stereocenters. The third-order valence-corrected chi connectivity index (χ3v) is 3.95. The molecule has 0 aromatic heterocycles. The van der Waals surface area contributed by atoms with E-state index in [1.165, 1.54) is 5.69 Å². The zero-order chi connectivity index (χ0) is 16.7. The van der Waals surface area contributed by atoms with E-state index in [4.69, 9.17) is 9.73 Å². The van der Waals surface area contributed by atoms with Crippen LogP contribution < -0.4 is 15.0 Å². The highest BCUT2D eigenvalue weighted by Crippen LogP contribution is 2.28. The lowest BCUT2D eigenvalue weighted by Crippen LogP contribution is -2.52. The molecule has 1 N–H and O–H groups in total. The molecule has 1 heterocycles. The molecule has 23 heavy (non-hydrogen) atoms. The quantitative estimate of drug-likeness (QED) is 0.669. The zero-order valence-corrected chi connectivity index (χ0v) is 14.9. The summed E-state index contributed by atoms with van der Waals surface area (Å²) in [5.74, 6) is 2.57. The van der Waals surface area contributed by atoms with E-state index in [0.717, 1.165) is 51.0 Å². The van der Waals surface area contributed by atoms with Crippen molar-refractivity contribution < 1.29 is 4.74 Å². The highest BCUT2D eigenvalue weighted by Gasteiger charge is 2.21. The van der Waals surface area contributed by atoms with Gasteiger partial charge in [-0.05, 0) is 25.0 Å². The summed E-state index contributed by atoms with van der Waals surface area (Å²) in [5.41, 5.74) is 1.18. The summed E-state index contributed by atoms with van der Waals surface area (Å²) in [5, 5.41) is 3.42. The number of hydrogen-bond donors (Lipinski definition) is 1. The molecular formula is C18H30N4O. The Kier molecular flexibility index (Phi) is 6.56. The molecule has 1 aliphatic heterocycles. The van der Waals surface area contributed by atoms with E-state index < -0.39 is 0 Å². The van der Waals surface area contributed by atoms with Crippen molar-refractivity contribution in [3.8, 4) is 5.75 Å². The van der Waals surface area contributed by atoms with Crippen LogP contribution >= 0.6 is 0 Å². The molecule has 1 saturated heterocycles. The van der Waals surface area contributed by atoms with Gasteiger partial charge in [-0.3, -0.25) is 4.99 Å². The summed E-state index contributed by atoms with van der Waals surface area (Å²) >= 11 is 0. The minimum atomic E-state index is 0.582. The molecular weight excluding hydrogens is 288 g/mol. The van der Waals surface area contributed by atoms with Gasteiger partial charge in [-0.1, -0.05) is 26.0 Å². The number of hydrogen-bond acceptors (Lipinski definition) is 3. The number of nitrogens with one attached hydrogen (secondary N) is 1. The molecule has 2 rings (SSSR count). The van der Waals surface area contributed by atoms with E-state index in [1.54, 1.807) is 7.11 Å². The van der Waals surface area contributed by atoms with Gasteiger partial charge in [-0.15, -0.1) is 0 Å². The number of ether oxygens (including phenoxy) is 1. The summed E-state index contributed by atoms with van der Waals surface area (Å²) in [7, 11) is 1.73. The monoisotopic (exact) mass is 318 g/mol. The summed E-state index contributed by atoms with van der Waals surface area (Å²) in [4.78, 5) is 9.51. The minimum absolute atomic E-state index is 0.582. The Morgan fingerprint density at radius 2 is 1.91 bits per heavy atom. The first-order valence-corrected chi connectivity index (χ1v) is 8.57. The molecule has 0 spiro atoms. The van der Waals surface area contributed by atoms with Crippen LogP contribution in [-0.4, -0.2) is 57.2 Å². The minimum Gasteiger partial charge on any atom is -0.495 e. The van der Waals surface area contributed by atoms with Gasteiger partial charge in [0.25, 0.3) is 0 Å². The number of aliphatic imine (C=N–C) groups is 1. The Bertz CT molecular complexity index is 507. The first-order chi connectivity index (χ1) is 11.2. The van der Waals surface area contributed by atoms with Crippen LogP contribution in [-0.2, 0) is 0 Å². The Morgan fingerprint density at radius 3 is 2.52 bits per heavy atom. The summed E-state index contributed by atoms with van der Waals surface area (Å²) in [6, 6.07) is 8.24. The van der Waals surface area contributed by atoms with Gasteiger partial charge in [0.2, 0.25) is 0 Å². The molecule has 0 unspecified atom stereocenters. The van der Waals surface area contributed by atoms with Crippen LogP contribution in [0.4, 0.5) is 5.69 Å². The number of nitrogens with zero attached hydrogens (tertiary/aromatic N) is 3. The van der Waals surface area contributed by atoms with E-state index in [9.17, 15) is 0 Å². The van der Waals surface area contributed by atoms with Crippen molar-refractivity contribution in [3.63, 3.8) is 0 Å². The number of benzene rings is 1. The molecule has 0 amide bonds. The van der Waals surface area contributed by atoms with Crippen molar-refractivity contribution in [2.45, 2.75) is 20.8 Å². The second-order valence-electron chi connectivity index (χ2n) is 6.23. The fourth-order valence-corrected chi connectivity index (χ4v) is 2.75. The maximum absolute atomic E-state index is 5.48. The van der Waals surface area contributed by atoms with Crippen molar-refractivity contribution in [1.29, 1.82) is 0 Å². The molecule has 0 saturated carbocycles. The topological polar surface area (TPSA) is 40.1 Å². The SMILES string of the molecule is CCNC(=NCC(C)C)N1CCN(c2ccccc2OC)CC1. The molecule has 0 aliphatic carbocycles. The van der Waals surface area contributed by atoms with Gasteiger partial charge in [-0.25, -0.2) is 0 Å². The highest BCUT2D eigenvalue weighted by atomic mass is 16.5. The third-order valence-electron chi connectivity index (χ3n) is 3.95. The third kappa shape index (κ3) is 4.78. The maximum Gasteiger partial charge on any atom is 0.194 e. The van der Waals surface area contributed by atoms with E-state index in [2.05, 4.69) is 48.0 Å². The standard InChI is InChI=1S/C18H30N4O/c1-5-19-18(20-14-15(2)3)22-12-10-21(11-13-22)16-8-6-7-9-17(16)23-4/h6-9,15H,5,10-14H2,1-4H3,(H,19,20). The predicted molar refractivity (Wildman–Crippen MR) is 97.6 cm³/mol. The second kappa shape index (κ2) is 8.65. The Balaban J connectivity index is 2.00. The predicted octanol–water partition coefficient (Wildman–Crippen LogP) is 2.44. The van der Waals surface area contributed by atoms with Gasteiger partial charge in [0.05, 0.1) is 12.8 Å². The maximum atomic E-state index is 5.48. The molecule has 1 aromatic carbocycles. The van der Waals surface area contributed by atoms with Crippen molar-refractivity contribution in [2.24, 2.45) is 10.9 Å². The van der Waals surface area contributed by atoms with Gasteiger partial charge in [0, 0.05) is 39.3 Å². The van der Waals surface area contributed by atoms with Crippen LogP contribution in [0.1, 0.15) is 20.8 Å². The summed E-state index contributed by atoms with van der Waals surface area (Å²) < 4.78 is 5.48. The first kappa shape index (κ1) is 17.4. The average Bonchev–Trinajstić information content (AvgIpc) is 2.58. The van der Waals surface area contributed by atoms with Gasteiger partial charge >= 0.3 is 0 Å². The van der Waals surface area contributed by atoms with Crippen molar-refractivity contribution in [1.82, 2.24) is 10.2 Å². The fourth-order valence-electron chi connectivity index (χ4n) is 2.75. The lowest BCUT2D eigenvalue weighted by Gasteiger charge is -2.38. The molecule has 1 aliphatic rings. The fraction of sp³-hybridized carbons (Fsp3) is 0.611. The van der Waals surface area contributed by atoms with E-state index in [-0.39, 0.29) is 0 Å². The smallest absolute Gasteiger partial charge is 0.194 e. The number of rotatable bonds is 5.